The van der Waals surface area contributed by atoms with Gasteiger partial charge in [0.1, 0.15) is 11.5 Å². The van der Waals surface area contributed by atoms with Crippen LogP contribution in [0.4, 0.5) is 0 Å². The molecule has 0 aliphatic carbocycles. The molecule has 6 rings (SSSR count). The first kappa shape index (κ1) is 24.5. The molecule has 0 fully saturated rings. The minimum Gasteiger partial charge on any atom is -0.507 e. The van der Waals surface area contributed by atoms with Gasteiger partial charge in [-0.05, 0) is 46.0 Å². The molecule has 0 aromatic heterocycles. The molecule has 0 unspecified atom stereocenters. The Bertz CT molecular complexity index is 1690. The second-order valence-corrected chi connectivity index (χ2v) is 9.77. The first-order chi connectivity index (χ1) is 19.1. The van der Waals surface area contributed by atoms with Gasteiger partial charge < -0.3 is 10.2 Å². The fourth-order valence-corrected chi connectivity index (χ4v) is 5.39. The molecule has 0 spiro atoms. The van der Waals surface area contributed by atoms with Crippen LogP contribution in [0.1, 0.15) is 0 Å². The molecule has 6 aromatic carbocycles. The Kier molecular flexibility index (Phi) is 6.62. The van der Waals surface area contributed by atoms with E-state index in [0.717, 1.165) is 33.4 Å². The van der Waals surface area contributed by atoms with E-state index >= 15 is 0 Å². The molecule has 6 aromatic rings. The van der Waals surface area contributed by atoms with Crippen LogP contribution in [-0.4, -0.2) is 10.2 Å². The van der Waals surface area contributed by atoms with Crippen LogP contribution in [0.3, 0.4) is 0 Å². The Morgan fingerprint density at radius 2 is 0.718 bits per heavy atom. The zero-order chi connectivity index (χ0) is 26.8. The van der Waals surface area contributed by atoms with Crippen LogP contribution in [0.15, 0.2) is 140 Å². The number of hydrogen-bond donors (Lipinski definition) is 2. The third kappa shape index (κ3) is 4.67. The van der Waals surface area contributed by atoms with Crippen molar-refractivity contribution in [2.75, 3.05) is 0 Å². The predicted octanol–water partition coefficient (Wildman–Crippen LogP) is 10.1. The maximum atomic E-state index is 11.5. The van der Waals surface area contributed by atoms with Crippen molar-refractivity contribution >= 4 is 11.6 Å². The van der Waals surface area contributed by atoms with Gasteiger partial charge in [0.05, 0.1) is 5.02 Å². The van der Waals surface area contributed by atoms with Crippen LogP contribution in [0.25, 0.3) is 55.6 Å². The maximum Gasteiger partial charge on any atom is 0.132 e. The summed E-state index contributed by atoms with van der Waals surface area (Å²) < 4.78 is 0. The summed E-state index contributed by atoms with van der Waals surface area (Å²) in [5.74, 6) is 0.337. The summed E-state index contributed by atoms with van der Waals surface area (Å²) in [4.78, 5) is 0. The van der Waals surface area contributed by atoms with Gasteiger partial charge in [-0.2, -0.15) is 0 Å². The number of benzene rings is 6. The highest BCUT2D eigenvalue weighted by atomic mass is 35.5. The zero-order valence-corrected chi connectivity index (χ0v) is 21.8. The molecule has 0 heterocycles. The molecular weight excluding hydrogens is 500 g/mol. The van der Waals surface area contributed by atoms with E-state index < -0.39 is 0 Å². The highest BCUT2D eigenvalue weighted by molar-refractivity contribution is 6.37. The lowest BCUT2D eigenvalue weighted by molar-refractivity contribution is 0.478. The molecule has 0 radical (unpaired) electrons. The smallest absolute Gasteiger partial charge is 0.132 e. The van der Waals surface area contributed by atoms with Crippen LogP contribution < -0.4 is 0 Å². The molecule has 2 N–H and O–H groups in total. The lowest BCUT2D eigenvalue weighted by atomic mass is 9.88. The van der Waals surface area contributed by atoms with Gasteiger partial charge in [-0.15, -0.1) is 0 Å². The Morgan fingerprint density at radius 3 is 1.13 bits per heavy atom. The normalized spacial score (nSPS) is 10.9. The van der Waals surface area contributed by atoms with Crippen molar-refractivity contribution in [1.82, 2.24) is 0 Å². The number of phenolic OH excluding ortho intramolecular Hbond substituents is 2. The monoisotopic (exact) mass is 524 g/mol. The highest BCUT2D eigenvalue weighted by Crippen LogP contribution is 2.50. The van der Waals surface area contributed by atoms with Crippen LogP contribution >= 0.6 is 11.6 Å². The molecular formula is C36H25ClO2. The van der Waals surface area contributed by atoms with Crippen LogP contribution in [0.5, 0.6) is 11.5 Å². The van der Waals surface area contributed by atoms with Crippen LogP contribution in [-0.2, 0) is 0 Å². The molecule has 188 valence electrons. The van der Waals surface area contributed by atoms with Gasteiger partial charge in [-0.3, -0.25) is 0 Å². The fourth-order valence-electron chi connectivity index (χ4n) is 5.03. The summed E-state index contributed by atoms with van der Waals surface area (Å²) in [6, 6.07) is 45.1. The highest BCUT2D eigenvalue weighted by Gasteiger charge is 2.22. The van der Waals surface area contributed by atoms with Gasteiger partial charge in [0, 0.05) is 27.8 Å². The standard InChI is InChI=1S/C36H25ClO2/c37-34-29(23-32(26-17-9-3-10-18-26)36(39)33(34)27-19-11-4-12-20-27)28-21-30(24-13-5-1-6-14-24)35(38)31(22-28)25-15-7-2-8-16-25/h1-23,38-39H. The average Bonchev–Trinajstić information content (AvgIpc) is 2.99. The lowest BCUT2D eigenvalue weighted by Crippen LogP contribution is -1.93. The van der Waals surface area contributed by atoms with Gasteiger partial charge in [0.25, 0.3) is 0 Å². The van der Waals surface area contributed by atoms with Gasteiger partial charge in [-0.1, -0.05) is 133 Å². The quantitative estimate of drug-likeness (QED) is 0.235. The van der Waals surface area contributed by atoms with Crippen LogP contribution in [0, 0.1) is 0 Å². The van der Waals surface area contributed by atoms with Gasteiger partial charge in [0.2, 0.25) is 0 Å². The molecule has 0 bridgehead atoms. The largest absolute Gasteiger partial charge is 0.507 e. The van der Waals surface area contributed by atoms with E-state index in [9.17, 15) is 10.2 Å². The Hall–Kier alpha value is -4.79. The van der Waals surface area contributed by atoms with Gasteiger partial charge in [0.15, 0.2) is 0 Å². The summed E-state index contributed by atoms with van der Waals surface area (Å²) in [5.41, 5.74) is 7.78. The van der Waals surface area contributed by atoms with Crippen molar-refractivity contribution in [3.63, 3.8) is 0 Å². The maximum absolute atomic E-state index is 11.5. The van der Waals surface area contributed by atoms with Gasteiger partial charge in [-0.25, -0.2) is 0 Å². The summed E-state index contributed by atoms with van der Waals surface area (Å²) >= 11 is 7.16. The average molecular weight is 525 g/mol. The lowest BCUT2D eigenvalue weighted by Gasteiger charge is -2.19. The van der Waals surface area contributed by atoms with Crippen molar-refractivity contribution in [2.24, 2.45) is 0 Å². The molecule has 2 nitrogen and oxygen atoms in total. The van der Waals surface area contributed by atoms with E-state index in [1.165, 1.54) is 0 Å². The first-order valence-corrected chi connectivity index (χ1v) is 13.1. The van der Waals surface area contributed by atoms with Crippen molar-refractivity contribution in [2.45, 2.75) is 0 Å². The summed E-state index contributed by atoms with van der Waals surface area (Å²) in [6.45, 7) is 0. The summed E-state index contributed by atoms with van der Waals surface area (Å²) in [5, 5.41) is 23.5. The number of aromatic hydroxyl groups is 2. The summed E-state index contributed by atoms with van der Waals surface area (Å²) in [7, 11) is 0. The third-order valence-electron chi connectivity index (χ3n) is 6.97. The molecule has 0 saturated carbocycles. The van der Waals surface area contributed by atoms with Crippen molar-refractivity contribution < 1.29 is 10.2 Å². The molecule has 0 atom stereocenters. The second kappa shape index (κ2) is 10.5. The Balaban J connectivity index is 1.68. The molecule has 0 aliphatic heterocycles. The zero-order valence-electron chi connectivity index (χ0n) is 21.1. The van der Waals surface area contributed by atoms with E-state index in [2.05, 4.69) is 0 Å². The van der Waals surface area contributed by atoms with E-state index in [0.29, 0.717) is 27.3 Å². The van der Waals surface area contributed by atoms with E-state index in [1.54, 1.807) is 0 Å². The molecule has 0 aliphatic rings. The third-order valence-corrected chi connectivity index (χ3v) is 7.37. The number of phenols is 2. The minimum atomic E-state index is 0.131. The van der Waals surface area contributed by atoms with Crippen molar-refractivity contribution in [3.05, 3.63) is 145 Å². The van der Waals surface area contributed by atoms with Gasteiger partial charge >= 0.3 is 0 Å². The number of halogens is 1. The predicted molar refractivity (Wildman–Crippen MR) is 162 cm³/mol. The van der Waals surface area contributed by atoms with Crippen molar-refractivity contribution in [1.29, 1.82) is 0 Å². The topological polar surface area (TPSA) is 40.5 Å². The number of hydrogen-bond acceptors (Lipinski definition) is 2. The first-order valence-electron chi connectivity index (χ1n) is 12.8. The minimum absolute atomic E-state index is 0.131. The van der Waals surface area contributed by atoms with E-state index in [1.807, 2.05) is 140 Å². The fraction of sp³-hybridized carbons (Fsp3) is 0. The van der Waals surface area contributed by atoms with Crippen LogP contribution in [0.2, 0.25) is 5.02 Å². The van der Waals surface area contributed by atoms with E-state index in [4.69, 9.17) is 11.6 Å². The molecule has 0 saturated heterocycles. The molecule has 3 heteroatoms. The Morgan fingerprint density at radius 1 is 0.359 bits per heavy atom. The molecule has 0 amide bonds. The number of rotatable bonds is 5. The molecule has 39 heavy (non-hydrogen) atoms. The van der Waals surface area contributed by atoms with Crippen molar-refractivity contribution in [3.8, 4) is 67.1 Å². The SMILES string of the molecule is Oc1c(-c2ccccc2)cc(-c2cc(-c3ccccc3)c(O)c(-c3ccccc3)c2Cl)cc1-c1ccccc1. The van der Waals surface area contributed by atoms with E-state index in [-0.39, 0.29) is 11.5 Å². The Labute approximate surface area is 233 Å². The summed E-state index contributed by atoms with van der Waals surface area (Å²) in [6.07, 6.45) is 0. The second-order valence-electron chi connectivity index (χ2n) is 9.39.